The van der Waals surface area contributed by atoms with E-state index in [-0.39, 0.29) is 40.8 Å². The monoisotopic (exact) mass is 585 g/mol. The van der Waals surface area contributed by atoms with Gasteiger partial charge in [0.25, 0.3) is 5.91 Å². The number of benzene rings is 1. The van der Waals surface area contributed by atoms with Crippen LogP contribution in [0.4, 0.5) is 16.2 Å². The van der Waals surface area contributed by atoms with Gasteiger partial charge in [-0.2, -0.15) is 0 Å². The number of nitrogens with two attached hydrogens (primary N) is 1. The summed E-state index contributed by atoms with van der Waals surface area (Å²) in [5.41, 5.74) is 6.69. The first kappa shape index (κ1) is 34.3. The number of anilines is 1. The van der Waals surface area contributed by atoms with Crippen LogP contribution < -0.4 is 11.1 Å². The van der Waals surface area contributed by atoms with Gasteiger partial charge in [0.2, 0.25) is 0 Å². The first-order valence-electron chi connectivity index (χ1n) is 13.6. The van der Waals surface area contributed by atoms with Gasteiger partial charge >= 0.3 is 6.09 Å². The van der Waals surface area contributed by atoms with Crippen molar-refractivity contribution in [2.24, 2.45) is 22.6 Å². The number of aliphatic hydroxyl groups excluding tert-OH is 1. The number of hydrogen-bond donors (Lipinski definition) is 5. The predicted molar refractivity (Wildman–Crippen MR) is 162 cm³/mol. The Bertz CT molecular complexity index is 1250. The number of nitrogens with zero attached hydrogens (tertiary/aromatic N) is 1. The Balaban J connectivity index is 2.69. The fourth-order valence-electron chi connectivity index (χ4n) is 4.87. The molecule has 0 spiro atoms. The van der Waals surface area contributed by atoms with Crippen LogP contribution in [0.1, 0.15) is 39.7 Å². The maximum absolute atomic E-state index is 13.0. The molecule has 0 saturated heterocycles. The van der Waals surface area contributed by atoms with Crippen molar-refractivity contribution in [2.45, 2.75) is 65.0 Å². The smallest absolute Gasteiger partial charge is 0.405 e. The van der Waals surface area contributed by atoms with E-state index in [1.807, 2.05) is 13.8 Å². The molecule has 6 atom stereocenters. The van der Waals surface area contributed by atoms with Crippen LogP contribution in [0.3, 0.4) is 0 Å². The minimum absolute atomic E-state index is 0.00774. The van der Waals surface area contributed by atoms with E-state index < -0.39 is 42.3 Å². The predicted octanol–water partition coefficient (Wildman–Crippen LogP) is 4.45. The quantitative estimate of drug-likeness (QED) is 0.146. The van der Waals surface area contributed by atoms with Crippen molar-refractivity contribution in [3.05, 3.63) is 59.7 Å². The molecular weight excluding hydrogens is 542 g/mol. The zero-order valence-electron chi connectivity index (χ0n) is 25.0. The largest absolute Gasteiger partial charge is 0.506 e. The number of fused-ring (bicyclic) bond motifs is 2. The Morgan fingerprint density at radius 3 is 2.50 bits per heavy atom. The molecule has 1 aliphatic rings. The minimum atomic E-state index is -0.994. The van der Waals surface area contributed by atoms with E-state index >= 15 is 0 Å². The van der Waals surface area contributed by atoms with Crippen molar-refractivity contribution >= 4 is 29.6 Å². The lowest BCUT2D eigenvalue weighted by molar-refractivity contribution is -0.112. The van der Waals surface area contributed by atoms with Crippen LogP contribution in [-0.4, -0.2) is 72.2 Å². The maximum Gasteiger partial charge on any atom is 0.405 e. The summed E-state index contributed by atoms with van der Waals surface area (Å²) in [6, 6.07) is 1.23. The number of amides is 2. The first-order chi connectivity index (χ1) is 19.8. The third kappa shape index (κ3) is 9.04. The first-order valence-corrected chi connectivity index (χ1v) is 13.6. The fraction of sp³-hybridized carbons (Fsp3) is 0.452. The van der Waals surface area contributed by atoms with Gasteiger partial charge in [-0.25, -0.2) is 4.79 Å². The zero-order valence-corrected chi connectivity index (χ0v) is 25.0. The van der Waals surface area contributed by atoms with E-state index in [2.05, 4.69) is 16.9 Å². The lowest BCUT2D eigenvalue weighted by Gasteiger charge is -2.29. The summed E-state index contributed by atoms with van der Waals surface area (Å²) in [6.45, 7) is 10.6. The Kier molecular flexibility index (Phi) is 13.0. The molecule has 1 aromatic carbocycles. The van der Waals surface area contributed by atoms with Crippen LogP contribution in [0.15, 0.2) is 59.2 Å². The molecule has 11 nitrogen and oxygen atoms in total. The highest BCUT2D eigenvalue weighted by molar-refractivity contribution is 6.04. The van der Waals surface area contributed by atoms with E-state index in [4.69, 9.17) is 19.9 Å². The molecule has 1 aliphatic heterocycles. The lowest BCUT2D eigenvalue weighted by atomic mass is 9.87. The van der Waals surface area contributed by atoms with Gasteiger partial charge < -0.3 is 40.6 Å². The second-order valence-corrected chi connectivity index (χ2v) is 10.5. The number of primary amides is 1. The van der Waals surface area contributed by atoms with Gasteiger partial charge in [0, 0.05) is 43.6 Å². The topological polar surface area (TPSA) is 173 Å². The minimum Gasteiger partial charge on any atom is -0.506 e. The molecule has 1 heterocycles. The standard InChI is InChI=1S/C31H43N3O8/c1-8-12-33-26-21-13-17(2)14-25(41-7)27(36)19(4)15-20(5)29(42-31(32)39)24(40-6)11-9-10-18(3)30(38)34-22(28(21)37)16-23(26)35/h8-12,15-17,19,24-25,27,29,35-37H,1,13-14H2,2-7H3,(H2,32,39)(H,34,38)/t17-,19+,24+,25+,27-,29+/m1/s1. The van der Waals surface area contributed by atoms with E-state index in [0.717, 1.165) is 0 Å². The highest BCUT2D eigenvalue weighted by Gasteiger charge is 2.30. The van der Waals surface area contributed by atoms with E-state index in [1.54, 1.807) is 32.1 Å². The summed E-state index contributed by atoms with van der Waals surface area (Å²) in [7, 11) is 2.94. The summed E-state index contributed by atoms with van der Waals surface area (Å²) in [6.07, 6.45) is 5.69. The normalized spacial score (nSPS) is 26.3. The SMILES string of the molecule is C=CC=Nc1c(O)cc2c(O)c1C[C@@H](C)C[C@H](OC)[C@H](O)[C@@H](C)C=C(C)[C@H](OC(N)=O)[C@@H](OC)C=CC=C(C)C(=O)N2. The molecule has 2 rings (SSSR count). The highest BCUT2D eigenvalue weighted by atomic mass is 16.6. The van der Waals surface area contributed by atoms with Crippen LogP contribution in [0.2, 0.25) is 0 Å². The molecule has 42 heavy (non-hydrogen) atoms. The molecule has 2 bridgehead atoms. The Labute approximate surface area is 247 Å². The van der Waals surface area contributed by atoms with Gasteiger partial charge in [-0.15, -0.1) is 0 Å². The number of phenols is 2. The van der Waals surface area contributed by atoms with E-state index in [1.165, 1.54) is 38.7 Å². The molecule has 230 valence electrons. The number of aromatic hydroxyl groups is 2. The Morgan fingerprint density at radius 1 is 1.21 bits per heavy atom. The number of carbonyl (C=O) groups is 2. The van der Waals surface area contributed by atoms with Crippen molar-refractivity contribution < 1.29 is 39.1 Å². The van der Waals surface area contributed by atoms with Crippen LogP contribution in [0.25, 0.3) is 0 Å². The van der Waals surface area contributed by atoms with Crippen molar-refractivity contribution in [1.29, 1.82) is 0 Å². The number of ether oxygens (including phenoxy) is 3. The summed E-state index contributed by atoms with van der Waals surface area (Å²) in [5, 5.41) is 35.9. The van der Waals surface area contributed by atoms with Crippen molar-refractivity contribution in [2.75, 3.05) is 19.5 Å². The summed E-state index contributed by atoms with van der Waals surface area (Å²) < 4.78 is 16.6. The average Bonchev–Trinajstić information content (AvgIpc) is 2.94. The third-order valence-electron chi connectivity index (χ3n) is 7.11. The molecule has 6 N–H and O–H groups in total. The number of phenolic OH excluding ortho intramolecular Hbond substituents is 2. The highest BCUT2D eigenvalue weighted by Crippen LogP contribution is 2.44. The molecule has 0 aliphatic carbocycles. The number of carbonyl (C=O) groups excluding carboxylic acids is 2. The zero-order chi connectivity index (χ0) is 31.6. The number of methoxy groups -OCH3 is 2. The molecule has 0 saturated carbocycles. The van der Waals surface area contributed by atoms with Crippen LogP contribution in [-0.2, 0) is 25.4 Å². The number of aliphatic imine (C=N–C) groups is 1. The molecule has 0 radical (unpaired) electrons. The van der Waals surface area contributed by atoms with Gasteiger partial charge in [0.15, 0.2) is 6.10 Å². The number of aliphatic hydroxyl groups is 1. The van der Waals surface area contributed by atoms with E-state index in [0.29, 0.717) is 17.6 Å². The molecule has 2 amide bonds. The number of allylic oxidation sites excluding steroid dienone is 3. The third-order valence-corrected chi connectivity index (χ3v) is 7.11. The van der Waals surface area contributed by atoms with Gasteiger partial charge in [0.05, 0.1) is 17.9 Å². The van der Waals surface area contributed by atoms with Crippen molar-refractivity contribution in [3.63, 3.8) is 0 Å². The molecule has 0 aromatic heterocycles. The second-order valence-electron chi connectivity index (χ2n) is 10.5. The summed E-state index contributed by atoms with van der Waals surface area (Å²) in [4.78, 5) is 29.0. The van der Waals surface area contributed by atoms with Crippen LogP contribution in [0.5, 0.6) is 11.5 Å². The average molecular weight is 586 g/mol. The van der Waals surface area contributed by atoms with Gasteiger partial charge in [-0.3, -0.25) is 9.79 Å². The number of rotatable bonds is 5. The van der Waals surface area contributed by atoms with Crippen LogP contribution >= 0.6 is 0 Å². The van der Waals surface area contributed by atoms with Crippen molar-refractivity contribution in [1.82, 2.24) is 0 Å². The lowest BCUT2D eigenvalue weighted by Crippen LogP contribution is -2.37. The molecule has 11 heteroatoms. The summed E-state index contributed by atoms with van der Waals surface area (Å²) in [5.74, 6) is -1.61. The molecule has 0 fully saturated rings. The molecule has 0 unspecified atom stereocenters. The summed E-state index contributed by atoms with van der Waals surface area (Å²) >= 11 is 0. The molecule has 1 aromatic rings. The molecular formula is C31H43N3O8. The van der Waals surface area contributed by atoms with Crippen molar-refractivity contribution in [3.8, 4) is 11.5 Å². The second kappa shape index (κ2) is 15.9. The van der Waals surface area contributed by atoms with Crippen LogP contribution in [0, 0.1) is 11.8 Å². The fourth-order valence-corrected chi connectivity index (χ4v) is 4.87. The van der Waals surface area contributed by atoms with Gasteiger partial charge in [-0.1, -0.05) is 50.8 Å². The maximum atomic E-state index is 13.0. The number of hydrogen-bond acceptors (Lipinski definition) is 9. The Morgan fingerprint density at radius 2 is 1.90 bits per heavy atom. The van der Waals surface area contributed by atoms with E-state index in [9.17, 15) is 24.9 Å². The number of nitrogens with one attached hydrogen (secondary N) is 1. The van der Waals surface area contributed by atoms with Gasteiger partial charge in [-0.05, 0) is 38.2 Å². The van der Waals surface area contributed by atoms with Gasteiger partial charge in [0.1, 0.15) is 23.3 Å². The Hall–Kier alpha value is -3.93.